The van der Waals surface area contributed by atoms with Gasteiger partial charge in [0.15, 0.2) is 0 Å². The molecule has 3 N–H and O–H groups in total. The van der Waals surface area contributed by atoms with Gasteiger partial charge >= 0.3 is 0 Å². The Morgan fingerprint density at radius 2 is 1.82 bits per heavy atom. The van der Waals surface area contributed by atoms with Crippen LogP contribution in [0, 0.1) is 5.82 Å². The molecule has 88 valence electrons. The lowest BCUT2D eigenvalue weighted by Crippen LogP contribution is -2.29. The van der Waals surface area contributed by atoms with E-state index in [0.29, 0.717) is 10.6 Å². The fourth-order valence-corrected chi connectivity index (χ4v) is 1.91. The lowest BCUT2D eigenvalue weighted by molar-refractivity contribution is 0.560. The smallest absolute Gasteiger partial charge is 0.129 e. The molecule has 4 heteroatoms. The van der Waals surface area contributed by atoms with Crippen LogP contribution in [-0.4, -0.2) is 0 Å². The molecule has 0 saturated carbocycles. The van der Waals surface area contributed by atoms with Gasteiger partial charge in [-0.3, -0.25) is 5.84 Å². The van der Waals surface area contributed by atoms with Gasteiger partial charge < -0.3 is 0 Å². The maximum Gasteiger partial charge on any atom is 0.129 e. The lowest BCUT2D eigenvalue weighted by Gasteiger charge is -2.17. The third kappa shape index (κ3) is 2.64. The Bertz CT molecular complexity index is 502. The maximum atomic E-state index is 13.8. The second-order valence-electron chi connectivity index (χ2n) is 3.68. The minimum atomic E-state index is -0.381. The minimum absolute atomic E-state index is 0.370. The first-order chi connectivity index (χ1) is 8.22. The molecule has 2 nitrogen and oxygen atoms in total. The number of rotatable bonds is 3. The highest BCUT2D eigenvalue weighted by atomic mass is 35.5. The van der Waals surface area contributed by atoms with Crippen molar-refractivity contribution in [3.05, 3.63) is 70.5 Å². The van der Waals surface area contributed by atoms with Gasteiger partial charge in [-0.1, -0.05) is 48.0 Å². The van der Waals surface area contributed by atoms with Crippen LogP contribution in [0.1, 0.15) is 17.2 Å². The molecule has 0 amide bonds. The SMILES string of the molecule is NNC(c1ccccc1)c1ccc(Cl)cc1F. The number of hydrazine groups is 1. The molecule has 17 heavy (non-hydrogen) atoms. The van der Waals surface area contributed by atoms with Crippen LogP contribution < -0.4 is 11.3 Å². The normalized spacial score (nSPS) is 12.4. The lowest BCUT2D eigenvalue weighted by atomic mass is 9.99. The summed E-state index contributed by atoms with van der Waals surface area (Å²) in [5.41, 5.74) is 3.99. The van der Waals surface area contributed by atoms with E-state index in [-0.39, 0.29) is 11.9 Å². The molecular weight excluding hydrogens is 239 g/mol. The first-order valence-corrected chi connectivity index (χ1v) is 5.56. The van der Waals surface area contributed by atoms with Crippen molar-refractivity contribution >= 4 is 11.6 Å². The van der Waals surface area contributed by atoms with Crippen molar-refractivity contribution in [1.29, 1.82) is 0 Å². The molecule has 2 rings (SSSR count). The molecule has 0 aliphatic carbocycles. The summed E-state index contributed by atoms with van der Waals surface area (Å²) in [6.07, 6.45) is 0. The number of hydrogen-bond donors (Lipinski definition) is 2. The summed E-state index contributed by atoms with van der Waals surface area (Å²) in [4.78, 5) is 0. The zero-order valence-corrected chi connectivity index (χ0v) is 9.79. The summed E-state index contributed by atoms with van der Waals surface area (Å²) in [5, 5.41) is 0.370. The first-order valence-electron chi connectivity index (χ1n) is 5.18. The van der Waals surface area contributed by atoms with E-state index in [0.717, 1.165) is 5.56 Å². The third-order valence-electron chi connectivity index (χ3n) is 2.57. The Balaban J connectivity index is 2.42. The van der Waals surface area contributed by atoms with Crippen LogP contribution in [0.4, 0.5) is 4.39 Å². The van der Waals surface area contributed by atoms with E-state index in [2.05, 4.69) is 5.43 Å². The summed E-state index contributed by atoms with van der Waals surface area (Å²) in [6, 6.07) is 13.6. The molecule has 0 saturated heterocycles. The second kappa shape index (κ2) is 5.27. The molecule has 2 aromatic rings. The monoisotopic (exact) mass is 250 g/mol. The number of nitrogens with two attached hydrogens (primary N) is 1. The number of halogens is 2. The van der Waals surface area contributed by atoms with E-state index in [9.17, 15) is 4.39 Å². The molecule has 0 aliphatic heterocycles. The van der Waals surface area contributed by atoms with Crippen LogP contribution in [0.2, 0.25) is 5.02 Å². The van der Waals surface area contributed by atoms with Crippen LogP contribution in [0.15, 0.2) is 48.5 Å². The highest BCUT2D eigenvalue weighted by Gasteiger charge is 2.16. The summed E-state index contributed by atoms with van der Waals surface area (Å²) < 4.78 is 13.8. The Kier molecular flexibility index (Phi) is 3.74. The van der Waals surface area contributed by atoms with Crippen LogP contribution in [0.25, 0.3) is 0 Å². The Hall–Kier alpha value is -1.42. The van der Waals surface area contributed by atoms with E-state index in [1.165, 1.54) is 6.07 Å². The highest BCUT2D eigenvalue weighted by molar-refractivity contribution is 6.30. The van der Waals surface area contributed by atoms with E-state index in [4.69, 9.17) is 17.4 Å². The van der Waals surface area contributed by atoms with Gasteiger partial charge in [-0.25, -0.2) is 9.82 Å². The fourth-order valence-electron chi connectivity index (χ4n) is 1.75. The zero-order valence-electron chi connectivity index (χ0n) is 9.03. The van der Waals surface area contributed by atoms with Crippen LogP contribution in [-0.2, 0) is 0 Å². The van der Waals surface area contributed by atoms with Crippen LogP contribution >= 0.6 is 11.6 Å². The fraction of sp³-hybridized carbons (Fsp3) is 0.0769. The molecule has 0 heterocycles. The average molecular weight is 251 g/mol. The number of nitrogens with one attached hydrogen (secondary N) is 1. The van der Waals surface area contributed by atoms with Crippen molar-refractivity contribution in [1.82, 2.24) is 5.43 Å². The predicted octanol–water partition coefficient (Wildman–Crippen LogP) is 3.03. The minimum Gasteiger partial charge on any atom is -0.271 e. The van der Waals surface area contributed by atoms with Crippen molar-refractivity contribution in [3.8, 4) is 0 Å². The molecule has 1 atom stereocenters. The van der Waals surface area contributed by atoms with Gasteiger partial charge in [0, 0.05) is 10.6 Å². The van der Waals surface area contributed by atoms with Crippen molar-refractivity contribution in [2.45, 2.75) is 6.04 Å². The number of hydrogen-bond acceptors (Lipinski definition) is 2. The van der Waals surface area contributed by atoms with Gasteiger partial charge in [0.05, 0.1) is 6.04 Å². The van der Waals surface area contributed by atoms with Crippen LogP contribution in [0.5, 0.6) is 0 Å². The van der Waals surface area contributed by atoms with Gasteiger partial charge in [-0.2, -0.15) is 0 Å². The van der Waals surface area contributed by atoms with E-state index >= 15 is 0 Å². The molecular formula is C13H12ClFN2. The summed E-state index contributed by atoms with van der Waals surface area (Å²) >= 11 is 5.72. The molecule has 1 unspecified atom stereocenters. The Labute approximate surface area is 104 Å². The largest absolute Gasteiger partial charge is 0.271 e. The van der Waals surface area contributed by atoms with Gasteiger partial charge in [-0.05, 0) is 17.7 Å². The average Bonchev–Trinajstić information content (AvgIpc) is 2.34. The molecule has 0 aromatic heterocycles. The van der Waals surface area contributed by atoms with Crippen molar-refractivity contribution in [2.75, 3.05) is 0 Å². The Morgan fingerprint density at radius 1 is 1.12 bits per heavy atom. The zero-order chi connectivity index (χ0) is 12.3. The van der Waals surface area contributed by atoms with Gasteiger partial charge in [0.1, 0.15) is 5.82 Å². The van der Waals surface area contributed by atoms with Crippen molar-refractivity contribution < 1.29 is 4.39 Å². The Morgan fingerprint density at radius 3 is 2.41 bits per heavy atom. The quantitative estimate of drug-likeness (QED) is 0.649. The van der Waals surface area contributed by atoms with Gasteiger partial charge in [-0.15, -0.1) is 0 Å². The van der Waals surface area contributed by atoms with Crippen LogP contribution in [0.3, 0.4) is 0 Å². The highest BCUT2D eigenvalue weighted by Crippen LogP contribution is 2.25. The van der Waals surface area contributed by atoms with Gasteiger partial charge in [0.2, 0.25) is 0 Å². The summed E-state index contributed by atoms with van der Waals surface area (Å²) in [6.45, 7) is 0. The topological polar surface area (TPSA) is 38.0 Å². The molecule has 0 bridgehead atoms. The predicted molar refractivity (Wildman–Crippen MR) is 67.0 cm³/mol. The molecule has 0 aliphatic rings. The standard InChI is InChI=1S/C13H12ClFN2/c14-10-6-7-11(12(15)8-10)13(17-16)9-4-2-1-3-5-9/h1-8,13,17H,16H2. The van der Waals surface area contributed by atoms with E-state index in [1.807, 2.05) is 30.3 Å². The van der Waals surface area contributed by atoms with Crippen molar-refractivity contribution in [2.24, 2.45) is 5.84 Å². The number of benzene rings is 2. The molecule has 2 aromatic carbocycles. The van der Waals surface area contributed by atoms with E-state index < -0.39 is 0 Å². The molecule has 0 spiro atoms. The summed E-state index contributed by atoms with van der Waals surface area (Å²) in [5.74, 6) is 5.12. The molecule has 0 fully saturated rings. The second-order valence-corrected chi connectivity index (χ2v) is 4.11. The third-order valence-corrected chi connectivity index (χ3v) is 2.81. The first kappa shape index (κ1) is 12.0. The van der Waals surface area contributed by atoms with Crippen molar-refractivity contribution in [3.63, 3.8) is 0 Å². The molecule has 0 radical (unpaired) electrons. The van der Waals surface area contributed by atoms with Gasteiger partial charge in [0.25, 0.3) is 0 Å². The van der Waals surface area contributed by atoms with E-state index in [1.54, 1.807) is 12.1 Å². The maximum absolute atomic E-state index is 13.8. The summed E-state index contributed by atoms with van der Waals surface area (Å²) in [7, 11) is 0.